The normalized spacial score (nSPS) is 14.6. The number of nitrogens with zero attached hydrogens (tertiary/aromatic N) is 2. The summed E-state index contributed by atoms with van der Waals surface area (Å²) >= 11 is 0. The van der Waals surface area contributed by atoms with Gasteiger partial charge in [-0.05, 0) is 24.8 Å². The maximum Gasteiger partial charge on any atom is 0.131 e. The molecule has 4 nitrogen and oxygen atoms in total. The minimum atomic E-state index is 0.570. The highest BCUT2D eigenvalue weighted by molar-refractivity contribution is 5.71. The van der Waals surface area contributed by atoms with E-state index in [-0.39, 0.29) is 0 Å². The first kappa shape index (κ1) is 14.1. The number of ether oxygens (including phenoxy) is 1. The zero-order valence-corrected chi connectivity index (χ0v) is 12.8. The molecule has 0 amide bonds. The third-order valence-corrected chi connectivity index (χ3v) is 3.95. The Labute approximate surface area is 125 Å². The average Bonchev–Trinajstić information content (AvgIpc) is 3.26. The third kappa shape index (κ3) is 2.81. The third-order valence-electron chi connectivity index (χ3n) is 3.95. The highest BCUT2D eigenvalue weighted by Crippen LogP contribution is 2.41. The zero-order chi connectivity index (χ0) is 14.8. The van der Waals surface area contributed by atoms with Crippen LogP contribution in [-0.4, -0.2) is 16.7 Å². The average molecular weight is 285 g/mol. The van der Waals surface area contributed by atoms with Crippen LogP contribution >= 0.6 is 0 Å². The van der Waals surface area contributed by atoms with E-state index in [1.54, 1.807) is 7.11 Å². The Morgan fingerprint density at radius 2 is 2.00 bits per heavy atom. The van der Waals surface area contributed by atoms with Gasteiger partial charge >= 0.3 is 0 Å². The fraction of sp³-hybridized carbons (Fsp3) is 0.471. The summed E-state index contributed by atoms with van der Waals surface area (Å²) in [6, 6.07) is 8.89. The second kappa shape index (κ2) is 5.90. The molecule has 0 saturated heterocycles. The van der Waals surface area contributed by atoms with Gasteiger partial charge in [0.1, 0.15) is 17.3 Å². The Kier molecular flexibility index (Phi) is 3.97. The van der Waals surface area contributed by atoms with Crippen molar-refractivity contribution >= 4 is 5.82 Å². The zero-order valence-electron chi connectivity index (χ0n) is 12.8. The summed E-state index contributed by atoms with van der Waals surface area (Å²) in [5.74, 6) is 1.95. The number of nitrogens with two attached hydrogens (primary N) is 1. The summed E-state index contributed by atoms with van der Waals surface area (Å²) in [6.07, 6.45) is 4.53. The van der Waals surface area contributed by atoms with E-state index in [2.05, 4.69) is 35.8 Å². The number of anilines is 1. The van der Waals surface area contributed by atoms with Crippen molar-refractivity contribution in [3.05, 3.63) is 35.7 Å². The quantitative estimate of drug-likeness (QED) is 0.882. The minimum Gasteiger partial charge on any atom is -0.383 e. The number of rotatable bonds is 6. The Balaban J connectivity index is 1.95. The number of hydrogen-bond donors (Lipinski definition) is 1. The monoisotopic (exact) mass is 285 g/mol. The first-order chi connectivity index (χ1) is 10.2. The van der Waals surface area contributed by atoms with Crippen molar-refractivity contribution < 1.29 is 4.74 Å². The van der Waals surface area contributed by atoms with Gasteiger partial charge in [-0.2, -0.15) is 0 Å². The molecule has 2 N–H and O–H groups in total. The molecule has 21 heavy (non-hydrogen) atoms. The van der Waals surface area contributed by atoms with Gasteiger partial charge < -0.3 is 15.0 Å². The van der Waals surface area contributed by atoms with E-state index in [0.29, 0.717) is 12.6 Å². The number of aromatic nitrogens is 2. The first-order valence-electron chi connectivity index (χ1n) is 7.69. The lowest BCUT2D eigenvalue weighted by Gasteiger charge is -2.07. The van der Waals surface area contributed by atoms with Crippen LogP contribution in [0.3, 0.4) is 0 Å². The van der Waals surface area contributed by atoms with Crippen LogP contribution in [0.5, 0.6) is 0 Å². The highest BCUT2D eigenvalue weighted by atomic mass is 16.5. The van der Waals surface area contributed by atoms with Crippen LogP contribution in [0.1, 0.15) is 43.6 Å². The second-order valence-corrected chi connectivity index (χ2v) is 5.74. The number of benzene rings is 1. The number of methoxy groups -OCH3 is 1. The molecule has 1 aliphatic rings. The molecule has 112 valence electrons. The molecular formula is C17H23N3O. The molecule has 0 atom stereocenters. The van der Waals surface area contributed by atoms with E-state index in [4.69, 9.17) is 15.5 Å². The van der Waals surface area contributed by atoms with Crippen molar-refractivity contribution in [1.29, 1.82) is 0 Å². The van der Waals surface area contributed by atoms with Crippen LogP contribution < -0.4 is 5.73 Å². The van der Waals surface area contributed by atoms with E-state index in [9.17, 15) is 0 Å². The number of nitrogen functional groups attached to an aromatic ring is 1. The maximum atomic E-state index is 6.38. The molecule has 1 aromatic heterocycles. The lowest BCUT2D eigenvalue weighted by atomic mass is 10.1. The minimum absolute atomic E-state index is 0.570. The number of aryl methyl sites for hydroxylation is 1. The molecule has 4 heteroatoms. The van der Waals surface area contributed by atoms with Crippen LogP contribution in [0, 0.1) is 0 Å². The van der Waals surface area contributed by atoms with Crippen molar-refractivity contribution in [3.63, 3.8) is 0 Å². The van der Waals surface area contributed by atoms with E-state index in [0.717, 1.165) is 41.3 Å². The van der Waals surface area contributed by atoms with E-state index in [1.807, 2.05) is 0 Å². The van der Waals surface area contributed by atoms with Gasteiger partial charge in [0, 0.05) is 25.1 Å². The van der Waals surface area contributed by atoms with Gasteiger partial charge in [-0.1, -0.05) is 31.2 Å². The summed E-state index contributed by atoms with van der Waals surface area (Å²) in [5, 5.41) is 0. The molecule has 1 aliphatic carbocycles. The Hall–Kier alpha value is -1.81. The smallest absolute Gasteiger partial charge is 0.131 e. The Bertz CT molecular complexity index is 612. The number of hydrogen-bond acceptors (Lipinski definition) is 3. The van der Waals surface area contributed by atoms with Crippen LogP contribution in [0.4, 0.5) is 5.82 Å². The van der Waals surface area contributed by atoms with Gasteiger partial charge in [-0.15, -0.1) is 0 Å². The molecule has 3 rings (SSSR count). The SMILES string of the molecule is CCCc1nc(-c2ccc(COC)cc2)c(N)n1C1CC1. The van der Waals surface area contributed by atoms with Crippen molar-refractivity contribution in [2.75, 3.05) is 12.8 Å². The second-order valence-electron chi connectivity index (χ2n) is 5.74. The summed E-state index contributed by atoms with van der Waals surface area (Å²) in [6.45, 7) is 2.81. The van der Waals surface area contributed by atoms with E-state index >= 15 is 0 Å². The summed E-state index contributed by atoms with van der Waals surface area (Å²) in [7, 11) is 1.71. The Morgan fingerprint density at radius 1 is 1.29 bits per heavy atom. The largest absolute Gasteiger partial charge is 0.383 e. The van der Waals surface area contributed by atoms with Crippen molar-refractivity contribution in [3.8, 4) is 11.3 Å². The molecule has 0 aliphatic heterocycles. The highest BCUT2D eigenvalue weighted by Gasteiger charge is 2.29. The van der Waals surface area contributed by atoms with E-state index in [1.165, 1.54) is 12.8 Å². The Morgan fingerprint density at radius 3 is 2.57 bits per heavy atom. The molecule has 1 heterocycles. The standard InChI is InChI=1S/C17H23N3O/c1-3-4-15-19-16(17(18)20(15)14-9-10-14)13-7-5-12(6-8-13)11-21-2/h5-8,14H,3-4,9-11,18H2,1-2H3. The molecule has 1 aromatic carbocycles. The van der Waals surface area contributed by atoms with Gasteiger partial charge in [0.2, 0.25) is 0 Å². The molecule has 2 aromatic rings. The van der Waals surface area contributed by atoms with Gasteiger partial charge in [0.15, 0.2) is 0 Å². The fourth-order valence-electron chi connectivity index (χ4n) is 2.77. The topological polar surface area (TPSA) is 53.1 Å². The van der Waals surface area contributed by atoms with Crippen LogP contribution in [0.15, 0.2) is 24.3 Å². The predicted octanol–water partition coefficient (Wildman–Crippen LogP) is 3.57. The molecule has 1 saturated carbocycles. The molecule has 0 unspecified atom stereocenters. The molecular weight excluding hydrogens is 262 g/mol. The maximum absolute atomic E-state index is 6.38. The van der Waals surface area contributed by atoms with Gasteiger partial charge in [0.25, 0.3) is 0 Å². The van der Waals surface area contributed by atoms with Crippen LogP contribution in [0.2, 0.25) is 0 Å². The molecule has 1 fully saturated rings. The van der Waals surface area contributed by atoms with Crippen molar-refractivity contribution in [2.24, 2.45) is 0 Å². The summed E-state index contributed by atoms with van der Waals surface area (Å²) in [4.78, 5) is 4.81. The van der Waals surface area contributed by atoms with Crippen molar-refractivity contribution in [2.45, 2.75) is 45.3 Å². The predicted molar refractivity (Wildman–Crippen MR) is 85.1 cm³/mol. The molecule has 0 radical (unpaired) electrons. The van der Waals surface area contributed by atoms with Crippen LogP contribution in [0.25, 0.3) is 11.3 Å². The lowest BCUT2D eigenvalue weighted by Crippen LogP contribution is -2.05. The van der Waals surface area contributed by atoms with E-state index < -0.39 is 0 Å². The first-order valence-corrected chi connectivity index (χ1v) is 7.69. The van der Waals surface area contributed by atoms with Gasteiger partial charge in [0.05, 0.1) is 6.61 Å². The fourth-order valence-corrected chi connectivity index (χ4v) is 2.77. The summed E-state index contributed by atoms with van der Waals surface area (Å²) in [5.41, 5.74) is 9.55. The van der Waals surface area contributed by atoms with Crippen LogP contribution in [-0.2, 0) is 17.8 Å². The molecule has 0 spiro atoms. The number of imidazole rings is 1. The lowest BCUT2D eigenvalue weighted by molar-refractivity contribution is 0.185. The summed E-state index contributed by atoms with van der Waals surface area (Å²) < 4.78 is 7.40. The van der Waals surface area contributed by atoms with Gasteiger partial charge in [-0.3, -0.25) is 0 Å². The molecule has 0 bridgehead atoms. The van der Waals surface area contributed by atoms with Crippen molar-refractivity contribution in [1.82, 2.24) is 9.55 Å². The van der Waals surface area contributed by atoms with Gasteiger partial charge in [-0.25, -0.2) is 4.98 Å².